The minimum atomic E-state index is 0.762. The minimum absolute atomic E-state index is 0.762. The molecule has 0 fully saturated rings. The summed E-state index contributed by atoms with van der Waals surface area (Å²) in [5.41, 5.74) is 1.57. The Kier molecular flexibility index (Phi) is 1.16. The summed E-state index contributed by atoms with van der Waals surface area (Å²) in [5.74, 6) is 0. The molecule has 0 N–H and O–H groups in total. The normalized spacial score (nSPS) is 11.1. The Morgan fingerprint density at radius 2 is 1.92 bits per heavy atom. The first-order chi connectivity index (χ1) is 6.45. The third-order valence-corrected chi connectivity index (χ3v) is 2.14. The Labute approximate surface area is 73.9 Å². The molecule has 0 saturated heterocycles. The molecule has 13 heavy (non-hydrogen) atoms. The molecule has 3 nitrogen and oxygen atoms in total. The fourth-order valence-electron chi connectivity index (χ4n) is 1.51. The van der Waals surface area contributed by atoms with Gasteiger partial charge in [-0.3, -0.25) is 0 Å². The van der Waals surface area contributed by atoms with Crippen molar-refractivity contribution in [3.05, 3.63) is 36.4 Å². The summed E-state index contributed by atoms with van der Waals surface area (Å²) < 4.78 is 5.07. The molecule has 0 bridgehead atoms. The predicted molar refractivity (Wildman–Crippen MR) is 49.3 cm³/mol. The standard InChI is InChI=1S/C10H6N2O/c1-2-4-8-7(3-1)5-6-9-10(8)13-12-11-9/h1-6H. The monoisotopic (exact) mass is 170 g/mol. The lowest BCUT2D eigenvalue weighted by Gasteiger charge is -1.94. The molecule has 1 aromatic heterocycles. The summed E-state index contributed by atoms with van der Waals surface area (Å²) >= 11 is 0. The van der Waals surface area contributed by atoms with Gasteiger partial charge in [-0.05, 0) is 11.5 Å². The maximum Gasteiger partial charge on any atom is 0.195 e. The van der Waals surface area contributed by atoms with Crippen LogP contribution in [-0.2, 0) is 0 Å². The zero-order valence-corrected chi connectivity index (χ0v) is 6.77. The second kappa shape index (κ2) is 2.29. The van der Waals surface area contributed by atoms with Gasteiger partial charge in [0.1, 0.15) is 5.52 Å². The van der Waals surface area contributed by atoms with Crippen LogP contribution >= 0.6 is 0 Å². The molecule has 3 aromatic rings. The lowest BCUT2D eigenvalue weighted by Crippen LogP contribution is -1.72. The molecular formula is C10H6N2O. The predicted octanol–water partition coefficient (Wildman–Crippen LogP) is 2.38. The topological polar surface area (TPSA) is 38.9 Å². The van der Waals surface area contributed by atoms with Crippen LogP contribution in [0.2, 0.25) is 0 Å². The summed E-state index contributed by atoms with van der Waals surface area (Å²) in [5, 5.41) is 9.59. The van der Waals surface area contributed by atoms with Gasteiger partial charge in [0, 0.05) is 10.7 Å². The molecule has 1 heterocycles. The van der Waals surface area contributed by atoms with Gasteiger partial charge in [0.25, 0.3) is 0 Å². The van der Waals surface area contributed by atoms with Crippen LogP contribution in [0.3, 0.4) is 0 Å². The van der Waals surface area contributed by atoms with Gasteiger partial charge in [-0.15, -0.1) is 5.10 Å². The Bertz CT molecular complexity index is 571. The van der Waals surface area contributed by atoms with Crippen molar-refractivity contribution in [3.63, 3.8) is 0 Å². The van der Waals surface area contributed by atoms with E-state index < -0.39 is 0 Å². The molecule has 3 rings (SSSR count). The van der Waals surface area contributed by atoms with Crippen molar-refractivity contribution >= 4 is 21.9 Å². The molecule has 0 unspecified atom stereocenters. The highest BCUT2D eigenvalue weighted by Gasteiger charge is 2.03. The van der Waals surface area contributed by atoms with Crippen LogP contribution in [0, 0.1) is 0 Å². The zero-order chi connectivity index (χ0) is 8.67. The van der Waals surface area contributed by atoms with Gasteiger partial charge in [0.15, 0.2) is 5.58 Å². The van der Waals surface area contributed by atoms with Gasteiger partial charge in [-0.25, -0.2) is 0 Å². The van der Waals surface area contributed by atoms with Gasteiger partial charge in [-0.2, -0.15) is 0 Å². The van der Waals surface area contributed by atoms with Crippen LogP contribution < -0.4 is 0 Å². The summed E-state index contributed by atoms with van der Waals surface area (Å²) in [6, 6.07) is 11.9. The molecular weight excluding hydrogens is 164 g/mol. The Balaban J connectivity index is 2.65. The fourth-order valence-corrected chi connectivity index (χ4v) is 1.51. The molecule has 0 aliphatic carbocycles. The van der Waals surface area contributed by atoms with Crippen molar-refractivity contribution in [2.75, 3.05) is 0 Å². The van der Waals surface area contributed by atoms with E-state index in [9.17, 15) is 0 Å². The van der Waals surface area contributed by atoms with Crippen LogP contribution in [-0.4, -0.2) is 10.4 Å². The van der Waals surface area contributed by atoms with E-state index in [0.29, 0.717) is 0 Å². The second-order valence-electron chi connectivity index (χ2n) is 2.91. The van der Waals surface area contributed by atoms with Crippen molar-refractivity contribution in [1.82, 2.24) is 10.4 Å². The molecule has 0 spiro atoms. The van der Waals surface area contributed by atoms with Crippen LogP contribution in [0.4, 0.5) is 0 Å². The molecule has 0 aliphatic rings. The minimum Gasteiger partial charge on any atom is -0.336 e. The van der Waals surface area contributed by atoms with Crippen molar-refractivity contribution in [3.8, 4) is 0 Å². The Hall–Kier alpha value is -1.90. The Morgan fingerprint density at radius 3 is 2.92 bits per heavy atom. The van der Waals surface area contributed by atoms with E-state index in [1.165, 1.54) is 0 Å². The number of aromatic nitrogens is 2. The molecule has 62 valence electrons. The maximum absolute atomic E-state index is 5.07. The van der Waals surface area contributed by atoms with Crippen molar-refractivity contribution in [2.45, 2.75) is 0 Å². The highest BCUT2D eigenvalue weighted by Crippen LogP contribution is 2.22. The SMILES string of the molecule is c1ccc2c(c1)ccc1nnoc12. The van der Waals surface area contributed by atoms with Crippen molar-refractivity contribution in [2.24, 2.45) is 0 Å². The van der Waals surface area contributed by atoms with Gasteiger partial charge in [0.2, 0.25) is 0 Å². The summed E-state index contributed by atoms with van der Waals surface area (Å²) in [4.78, 5) is 0. The fraction of sp³-hybridized carbons (Fsp3) is 0. The van der Waals surface area contributed by atoms with E-state index in [-0.39, 0.29) is 0 Å². The zero-order valence-electron chi connectivity index (χ0n) is 6.77. The maximum atomic E-state index is 5.07. The first-order valence-electron chi connectivity index (χ1n) is 4.05. The second-order valence-corrected chi connectivity index (χ2v) is 2.91. The van der Waals surface area contributed by atoms with Crippen molar-refractivity contribution < 1.29 is 4.52 Å². The molecule has 0 radical (unpaired) electrons. The van der Waals surface area contributed by atoms with Gasteiger partial charge < -0.3 is 4.52 Å². The van der Waals surface area contributed by atoms with E-state index >= 15 is 0 Å². The number of nitrogens with zero attached hydrogens (tertiary/aromatic N) is 2. The highest BCUT2D eigenvalue weighted by atomic mass is 16.5. The van der Waals surface area contributed by atoms with E-state index in [1.54, 1.807) is 0 Å². The molecule has 0 aliphatic heterocycles. The van der Waals surface area contributed by atoms with E-state index in [4.69, 9.17) is 4.52 Å². The highest BCUT2D eigenvalue weighted by molar-refractivity contribution is 6.02. The lowest BCUT2D eigenvalue weighted by atomic mass is 10.1. The number of hydrogen-bond donors (Lipinski definition) is 0. The third-order valence-electron chi connectivity index (χ3n) is 2.14. The molecule has 0 atom stereocenters. The molecule has 3 heteroatoms. The lowest BCUT2D eigenvalue weighted by molar-refractivity contribution is 0.426. The summed E-state index contributed by atoms with van der Waals surface area (Å²) in [7, 11) is 0. The number of rotatable bonds is 0. The van der Waals surface area contributed by atoms with Crippen LogP contribution in [0.5, 0.6) is 0 Å². The third kappa shape index (κ3) is 0.839. The van der Waals surface area contributed by atoms with E-state index in [1.807, 2.05) is 36.4 Å². The van der Waals surface area contributed by atoms with Crippen molar-refractivity contribution in [1.29, 1.82) is 0 Å². The van der Waals surface area contributed by atoms with Crippen LogP contribution in [0.25, 0.3) is 21.9 Å². The number of hydrogen-bond acceptors (Lipinski definition) is 3. The Morgan fingerprint density at radius 1 is 1.00 bits per heavy atom. The summed E-state index contributed by atoms with van der Waals surface area (Å²) in [6.07, 6.45) is 0. The molecule has 2 aromatic carbocycles. The van der Waals surface area contributed by atoms with Gasteiger partial charge >= 0.3 is 0 Å². The smallest absolute Gasteiger partial charge is 0.195 e. The van der Waals surface area contributed by atoms with E-state index in [0.717, 1.165) is 21.9 Å². The average molecular weight is 170 g/mol. The number of benzene rings is 2. The molecule has 0 saturated carbocycles. The quantitative estimate of drug-likeness (QED) is 0.520. The van der Waals surface area contributed by atoms with Crippen LogP contribution in [0.1, 0.15) is 0 Å². The van der Waals surface area contributed by atoms with Gasteiger partial charge in [-0.1, -0.05) is 30.3 Å². The first-order valence-corrected chi connectivity index (χ1v) is 4.05. The number of fused-ring (bicyclic) bond motifs is 3. The average Bonchev–Trinajstić information content (AvgIpc) is 2.65. The first kappa shape index (κ1) is 6.60. The summed E-state index contributed by atoms with van der Waals surface area (Å²) in [6.45, 7) is 0. The van der Waals surface area contributed by atoms with Crippen LogP contribution in [0.15, 0.2) is 40.9 Å². The van der Waals surface area contributed by atoms with Gasteiger partial charge in [0.05, 0.1) is 0 Å². The largest absolute Gasteiger partial charge is 0.336 e. The molecule has 0 amide bonds. The van der Waals surface area contributed by atoms with E-state index in [2.05, 4.69) is 10.4 Å².